The second-order valence-corrected chi connectivity index (χ2v) is 5.61. The van der Waals surface area contributed by atoms with E-state index in [1.807, 2.05) is 4.68 Å². The SMILES string of the molecule is CCCC1CCC(O)(c2cnnn2CCC)CC1. The number of hydrogen-bond donors (Lipinski definition) is 1. The van der Waals surface area contributed by atoms with E-state index in [0.717, 1.165) is 50.3 Å². The maximum atomic E-state index is 10.8. The van der Waals surface area contributed by atoms with E-state index in [1.165, 1.54) is 12.8 Å². The van der Waals surface area contributed by atoms with Gasteiger partial charge >= 0.3 is 0 Å². The predicted molar refractivity (Wildman–Crippen MR) is 71.1 cm³/mol. The molecule has 2 rings (SSSR count). The van der Waals surface area contributed by atoms with Gasteiger partial charge < -0.3 is 5.11 Å². The number of nitrogens with zero attached hydrogens (tertiary/aromatic N) is 3. The molecule has 4 heteroatoms. The lowest BCUT2D eigenvalue weighted by atomic mass is 9.76. The summed E-state index contributed by atoms with van der Waals surface area (Å²) in [4.78, 5) is 0. The second kappa shape index (κ2) is 5.83. The minimum Gasteiger partial charge on any atom is -0.384 e. The molecule has 1 saturated carbocycles. The molecule has 0 atom stereocenters. The highest BCUT2D eigenvalue weighted by atomic mass is 16.3. The van der Waals surface area contributed by atoms with Crippen LogP contribution >= 0.6 is 0 Å². The lowest BCUT2D eigenvalue weighted by Crippen LogP contribution is -2.34. The van der Waals surface area contributed by atoms with E-state index in [2.05, 4.69) is 24.2 Å². The van der Waals surface area contributed by atoms with E-state index in [9.17, 15) is 5.11 Å². The van der Waals surface area contributed by atoms with Crippen molar-refractivity contribution in [2.75, 3.05) is 0 Å². The summed E-state index contributed by atoms with van der Waals surface area (Å²) in [5.41, 5.74) is 0.224. The van der Waals surface area contributed by atoms with E-state index in [0.29, 0.717) is 0 Å². The summed E-state index contributed by atoms with van der Waals surface area (Å²) in [6, 6.07) is 0. The lowest BCUT2D eigenvalue weighted by molar-refractivity contribution is -0.0227. The predicted octanol–water partition coefficient (Wildman–Crippen LogP) is 2.87. The Bertz CT molecular complexity index is 367. The first kappa shape index (κ1) is 13.5. The summed E-state index contributed by atoms with van der Waals surface area (Å²) in [5, 5.41) is 18.9. The Balaban J connectivity index is 2.06. The summed E-state index contributed by atoms with van der Waals surface area (Å²) in [7, 11) is 0. The third-order valence-corrected chi connectivity index (χ3v) is 4.16. The first-order chi connectivity index (χ1) is 8.69. The molecule has 1 aliphatic rings. The van der Waals surface area contributed by atoms with Crippen molar-refractivity contribution >= 4 is 0 Å². The smallest absolute Gasteiger partial charge is 0.108 e. The Morgan fingerprint density at radius 2 is 2.06 bits per heavy atom. The molecule has 0 saturated heterocycles. The molecule has 0 spiro atoms. The van der Waals surface area contributed by atoms with E-state index in [-0.39, 0.29) is 0 Å². The quantitative estimate of drug-likeness (QED) is 0.875. The molecule has 0 bridgehead atoms. The number of aromatic nitrogens is 3. The minimum absolute atomic E-state index is 0.692. The minimum atomic E-state index is -0.692. The van der Waals surface area contributed by atoms with Crippen molar-refractivity contribution < 1.29 is 5.11 Å². The summed E-state index contributed by atoms with van der Waals surface area (Å²) < 4.78 is 1.88. The van der Waals surface area contributed by atoms with Crippen molar-refractivity contribution in [3.8, 4) is 0 Å². The number of rotatable bonds is 5. The van der Waals surface area contributed by atoms with Crippen LogP contribution in [0.5, 0.6) is 0 Å². The van der Waals surface area contributed by atoms with Gasteiger partial charge in [-0.3, -0.25) is 0 Å². The van der Waals surface area contributed by atoms with Crippen molar-refractivity contribution in [2.45, 2.75) is 70.9 Å². The van der Waals surface area contributed by atoms with Gasteiger partial charge in [-0.05, 0) is 38.0 Å². The van der Waals surface area contributed by atoms with Crippen molar-refractivity contribution in [3.05, 3.63) is 11.9 Å². The molecule has 0 radical (unpaired) electrons. The topological polar surface area (TPSA) is 50.9 Å². The van der Waals surface area contributed by atoms with Crippen LogP contribution in [-0.4, -0.2) is 20.1 Å². The number of aryl methyl sites for hydroxylation is 1. The lowest BCUT2D eigenvalue weighted by Gasteiger charge is -2.35. The van der Waals surface area contributed by atoms with Crippen LogP contribution in [-0.2, 0) is 12.1 Å². The van der Waals surface area contributed by atoms with E-state index < -0.39 is 5.60 Å². The van der Waals surface area contributed by atoms with Gasteiger partial charge in [-0.25, -0.2) is 4.68 Å². The average Bonchev–Trinajstić information content (AvgIpc) is 2.82. The van der Waals surface area contributed by atoms with Crippen LogP contribution in [0, 0.1) is 5.92 Å². The van der Waals surface area contributed by atoms with Gasteiger partial charge in [0.2, 0.25) is 0 Å². The molecule has 1 aromatic rings. The van der Waals surface area contributed by atoms with Crippen LogP contribution in [0.25, 0.3) is 0 Å². The highest BCUT2D eigenvalue weighted by Crippen LogP contribution is 2.40. The van der Waals surface area contributed by atoms with Gasteiger partial charge in [0.05, 0.1) is 11.9 Å². The number of hydrogen-bond acceptors (Lipinski definition) is 3. The van der Waals surface area contributed by atoms with Gasteiger partial charge in [-0.15, -0.1) is 5.10 Å². The van der Waals surface area contributed by atoms with E-state index in [1.54, 1.807) is 6.20 Å². The average molecular weight is 251 g/mol. The molecule has 1 fully saturated rings. The van der Waals surface area contributed by atoms with Gasteiger partial charge in [0.1, 0.15) is 5.60 Å². The molecule has 0 amide bonds. The zero-order valence-corrected chi connectivity index (χ0v) is 11.6. The summed E-state index contributed by atoms with van der Waals surface area (Å²) in [6.45, 7) is 5.20. The fraction of sp³-hybridized carbons (Fsp3) is 0.857. The Labute approximate surface area is 109 Å². The third kappa shape index (κ3) is 2.74. The van der Waals surface area contributed by atoms with Crippen molar-refractivity contribution in [1.82, 2.24) is 15.0 Å². The Hall–Kier alpha value is -0.900. The summed E-state index contributed by atoms with van der Waals surface area (Å²) in [5.74, 6) is 0.797. The molecule has 0 aromatic carbocycles. The fourth-order valence-electron chi connectivity index (χ4n) is 3.10. The van der Waals surface area contributed by atoms with Crippen LogP contribution < -0.4 is 0 Å². The van der Waals surface area contributed by atoms with E-state index >= 15 is 0 Å². The Morgan fingerprint density at radius 1 is 1.33 bits per heavy atom. The fourth-order valence-corrected chi connectivity index (χ4v) is 3.10. The van der Waals surface area contributed by atoms with Crippen molar-refractivity contribution in [3.63, 3.8) is 0 Å². The van der Waals surface area contributed by atoms with Crippen LogP contribution in [0.4, 0.5) is 0 Å². The van der Waals surface area contributed by atoms with E-state index in [4.69, 9.17) is 0 Å². The van der Waals surface area contributed by atoms with Gasteiger partial charge in [0.15, 0.2) is 0 Å². The highest BCUT2D eigenvalue weighted by molar-refractivity contribution is 5.09. The summed E-state index contributed by atoms with van der Waals surface area (Å²) in [6.07, 6.45) is 9.27. The maximum absolute atomic E-state index is 10.8. The first-order valence-corrected chi connectivity index (χ1v) is 7.31. The standard InChI is InChI=1S/C14H25N3O/c1-3-5-12-6-8-14(18,9-7-12)13-11-15-16-17(13)10-4-2/h11-12,18H,3-10H2,1-2H3. The molecular weight excluding hydrogens is 226 g/mol. The molecular formula is C14H25N3O. The molecule has 0 aliphatic heterocycles. The Kier molecular flexibility index (Phi) is 4.38. The van der Waals surface area contributed by atoms with Gasteiger partial charge in [0.25, 0.3) is 0 Å². The first-order valence-electron chi connectivity index (χ1n) is 7.31. The molecule has 0 unspecified atom stereocenters. The van der Waals surface area contributed by atoms with Gasteiger partial charge in [0, 0.05) is 6.54 Å². The molecule has 1 heterocycles. The maximum Gasteiger partial charge on any atom is 0.108 e. The van der Waals surface area contributed by atoms with Crippen molar-refractivity contribution in [1.29, 1.82) is 0 Å². The third-order valence-electron chi connectivity index (χ3n) is 4.16. The largest absolute Gasteiger partial charge is 0.384 e. The zero-order chi connectivity index (χ0) is 13.0. The normalized spacial score (nSPS) is 28.5. The second-order valence-electron chi connectivity index (χ2n) is 5.61. The molecule has 102 valence electrons. The Morgan fingerprint density at radius 3 is 2.67 bits per heavy atom. The van der Waals surface area contributed by atoms with Gasteiger partial charge in [-0.1, -0.05) is 31.9 Å². The van der Waals surface area contributed by atoms with Gasteiger partial charge in [-0.2, -0.15) is 0 Å². The molecule has 1 N–H and O–H groups in total. The van der Waals surface area contributed by atoms with Crippen LogP contribution in [0.2, 0.25) is 0 Å². The van der Waals surface area contributed by atoms with Crippen LogP contribution in [0.15, 0.2) is 6.20 Å². The molecule has 1 aliphatic carbocycles. The highest BCUT2D eigenvalue weighted by Gasteiger charge is 2.37. The monoisotopic (exact) mass is 251 g/mol. The molecule has 18 heavy (non-hydrogen) atoms. The zero-order valence-electron chi connectivity index (χ0n) is 11.6. The summed E-state index contributed by atoms with van der Waals surface area (Å²) >= 11 is 0. The van der Waals surface area contributed by atoms with Crippen LogP contribution in [0.3, 0.4) is 0 Å². The number of aliphatic hydroxyl groups is 1. The van der Waals surface area contributed by atoms with Crippen molar-refractivity contribution in [2.24, 2.45) is 5.92 Å². The van der Waals surface area contributed by atoms with Crippen LogP contribution in [0.1, 0.15) is 64.5 Å². The molecule has 4 nitrogen and oxygen atoms in total. The molecule has 1 aromatic heterocycles.